The summed E-state index contributed by atoms with van der Waals surface area (Å²) in [6.07, 6.45) is 1.01. The Bertz CT molecular complexity index is 520. The Morgan fingerprint density at radius 3 is 2.61 bits per heavy atom. The number of nitrogens with two attached hydrogens (primary N) is 1. The van der Waals surface area contributed by atoms with E-state index < -0.39 is 0 Å². The first-order chi connectivity index (χ1) is 8.70. The van der Waals surface area contributed by atoms with Gasteiger partial charge in [-0.15, -0.1) is 0 Å². The summed E-state index contributed by atoms with van der Waals surface area (Å²) in [4.78, 5) is 0. The molecule has 94 valence electrons. The molecule has 0 amide bonds. The van der Waals surface area contributed by atoms with Gasteiger partial charge >= 0.3 is 0 Å². The molecule has 1 unspecified atom stereocenters. The second-order valence-electron chi connectivity index (χ2n) is 4.43. The van der Waals surface area contributed by atoms with Crippen molar-refractivity contribution in [3.63, 3.8) is 0 Å². The molecule has 0 aliphatic rings. The van der Waals surface area contributed by atoms with Crippen molar-refractivity contribution in [3.8, 4) is 11.5 Å². The van der Waals surface area contributed by atoms with Gasteiger partial charge in [0.25, 0.3) is 0 Å². The maximum atomic E-state index is 5.94. The van der Waals surface area contributed by atoms with Gasteiger partial charge in [0.1, 0.15) is 11.5 Å². The molecule has 0 spiro atoms. The third kappa shape index (κ3) is 2.90. The van der Waals surface area contributed by atoms with E-state index in [1.54, 1.807) is 0 Å². The van der Waals surface area contributed by atoms with E-state index in [1.807, 2.05) is 43.3 Å². The van der Waals surface area contributed by atoms with Crippen molar-refractivity contribution in [2.24, 2.45) is 5.73 Å². The van der Waals surface area contributed by atoms with Gasteiger partial charge in [-0.05, 0) is 37.1 Å². The van der Waals surface area contributed by atoms with Crippen molar-refractivity contribution in [3.05, 3.63) is 59.7 Å². The smallest absolute Gasteiger partial charge is 0.132 e. The molecule has 2 aromatic carbocycles. The van der Waals surface area contributed by atoms with Gasteiger partial charge < -0.3 is 10.5 Å². The Balaban J connectivity index is 2.28. The van der Waals surface area contributed by atoms with Gasteiger partial charge in [-0.25, -0.2) is 0 Å². The molecule has 2 nitrogen and oxygen atoms in total. The highest BCUT2D eigenvalue weighted by atomic mass is 16.5. The molecule has 0 bridgehead atoms. The average Bonchev–Trinajstić information content (AvgIpc) is 2.39. The predicted molar refractivity (Wildman–Crippen MR) is 74.9 cm³/mol. The summed E-state index contributed by atoms with van der Waals surface area (Å²) in [6, 6.07) is 16.0. The number of ether oxygens (including phenoxy) is 1. The lowest BCUT2D eigenvalue weighted by Crippen LogP contribution is -2.06. The van der Waals surface area contributed by atoms with Gasteiger partial charge in [0.15, 0.2) is 0 Å². The first-order valence-corrected chi connectivity index (χ1v) is 6.32. The Hall–Kier alpha value is -1.80. The summed E-state index contributed by atoms with van der Waals surface area (Å²) < 4.78 is 5.93. The van der Waals surface area contributed by atoms with Crippen LogP contribution in [0.15, 0.2) is 48.5 Å². The van der Waals surface area contributed by atoms with Crippen LogP contribution in [-0.2, 0) is 6.42 Å². The van der Waals surface area contributed by atoms with E-state index in [4.69, 9.17) is 10.5 Å². The average molecular weight is 241 g/mol. The standard InChI is InChI=1S/C16H19NO/c1-3-13-7-6-8-14(11-13)18-16-10-5-4-9-15(16)12(2)17/h4-12H,3,17H2,1-2H3. The van der Waals surface area contributed by atoms with Crippen LogP contribution in [0.4, 0.5) is 0 Å². The topological polar surface area (TPSA) is 35.2 Å². The third-order valence-electron chi connectivity index (χ3n) is 2.94. The minimum Gasteiger partial charge on any atom is -0.457 e. The van der Waals surface area contributed by atoms with Crippen molar-refractivity contribution in [2.45, 2.75) is 26.3 Å². The fourth-order valence-corrected chi connectivity index (χ4v) is 1.91. The lowest BCUT2D eigenvalue weighted by Gasteiger charge is -2.13. The number of para-hydroxylation sites is 1. The SMILES string of the molecule is CCc1cccc(Oc2ccccc2C(C)N)c1. The number of benzene rings is 2. The summed E-state index contributed by atoms with van der Waals surface area (Å²) in [7, 11) is 0. The number of hydrogen-bond acceptors (Lipinski definition) is 2. The van der Waals surface area contributed by atoms with E-state index in [-0.39, 0.29) is 6.04 Å². The van der Waals surface area contributed by atoms with Crippen LogP contribution in [-0.4, -0.2) is 0 Å². The molecule has 0 radical (unpaired) electrons. The molecule has 2 heteroatoms. The molecule has 18 heavy (non-hydrogen) atoms. The molecule has 2 N–H and O–H groups in total. The van der Waals surface area contributed by atoms with Crippen molar-refractivity contribution in [1.29, 1.82) is 0 Å². The second-order valence-corrected chi connectivity index (χ2v) is 4.43. The molecule has 0 aliphatic heterocycles. The number of aryl methyl sites for hydroxylation is 1. The number of rotatable bonds is 4. The predicted octanol–water partition coefficient (Wildman–Crippen LogP) is 4.06. The van der Waals surface area contributed by atoms with Gasteiger partial charge in [0, 0.05) is 11.6 Å². The van der Waals surface area contributed by atoms with E-state index in [1.165, 1.54) is 5.56 Å². The highest BCUT2D eigenvalue weighted by Gasteiger charge is 2.08. The first kappa shape index (κ1) is 12.7. The van der Waals surface area contributed by atoms with Crippen LogP contribution in [0, 0.1) is 0 Å². The molecule has 0 aliphatic carbocycles. The third-order valence-corrected chi connectivity index (χ3v) is 2.94. The molecular weight excluding hydrogens is 222 g/mol. The molecule has 0 saturated heterocycles. The van der Waals surface area contributed by atoms with Crippen LogP contribution in [0.2, 0.25) is 0 Å². The van der Waals surface area contributed by atoms with Gasteiger partial charge in [-0.1, -0.05) is 37.3 Å². The molecule has 0 aromatic heterocycles. The van der Waals surface area contributed by atoms with E-state index in [2.05, 4.69) is 19.1 Å². The summed E-state index contributed by atoms with van der Waals surface area (Å²) >= 11 is 0. The lowest BCUT2D eigenvalue weighted by molar-refractivity contribution is 0.471. The Labute approximate surface area is 108 Å². The quantitative estimate of drug-likeness (QED) is 0.876. The van der Waals surface area contributed by atoms with E-state index in [0.29, 0.717) is 0 Å². The molecule has 0 saturated carbocycles. The fourth-order valence-electron chi connectivity index (χ4n) is 1.91. The fraction of sp³-hybridized carbons (Fsp3) is 0.250. The van der Waals surface area contributed by atoms with Crippen LogP contribution < -0.4 is 10.5 Å². The van der Waals surface area contributed by atoms with Gasteiger partial charge in [0.05, 0.1) is 0 Å². The maximum absolute atomic E-state index is 5.94. The van der Waals surface area contributed by atoms with Crippen LogP contribution in [0.25, 0.3) is 0 Å². The van der Waals surface area contributed by atoms with Crippen molar-refractivity contribution in [1.82, 2.24) is 0 Å². The van der Waals surface area contributed by atoms with Crippen LogP contribution in [0.1, 0.15) is 31.0 Å². The van der Waals surface area contributed by atoms with Crippen LogP contribution in [0.5, 0.6) is 11.5 Å². The highest BCUT2D eigenvalue weighted by molar-refractivity contribution is 5.40. The minimum atomic E-state index is -0.0319. The van der Waals surface area contributed by atoms with E-state index in [0.717, 1.165) is 23.5 Å². The Morgan fingerprint density at radius 2 is 1.89 bits per heavy atom. The zero-order valence-electron chi connectivity index (χ0n) is 10.9. The van der Waals surface area contributed by atoms with Gasteiger partial charge in [-0.2, -0.15) is 0 Å². The normalized spacial score (nSPS) is 12.2. The van der Waals surface area contributed by atoms with Crippen LogP contribution >= 0.6 is 0 Å². The second kappa shape index (κ2) is 5.69. The van der Waals surface area contributed by atoms with Gasteiger partial charge in [-0.3, -0.25) is 0 Å². The summed E-state index contributed by atoms with van der Waals surface area (Å²) in [5, 5.41) is 0. The number of hydrogen-bond donors (Lipinski definition) is 1. The Kier molecular flexibility index (Phi) is 4.00. The highest BCUT2D eigenvalue weighted by Crippen LogP contribution is 2.28. The monoisotopic (exact) mass is 241 g/mol. The molecule has 2 aromatic rings. The lowest BCUT2D eigenvalue weighted by atomic mass is 10.1. The van der Waals surface area contributed by atoms with E-state index in [9.17, 15) is 0 Å². The Morgan fingerprint density at radius 1 is 1.11 bits per heavy atom. The minimum absolute atomic E-state index is 0.0319. The van der Waals surface area contributed by atoms with Crippen molar-refractivity contribution in [2.75, 3.05) is 0 Å². The molecule has 2 rings (SSSR count). The molecule has 1 atom stereocenters. The zero-order valence-corrected chi connectivity index (χ0v) is 10.9. The summed E-state index contributed by atoms with van der Waals surface area (Å²) in [5.41, 5.74) is 8.24. The van der Waals surface area contributed by atoms with Gasteiger partial charge in [0.2, 0.25) is 0 Å². The van der Waals surface area contributed by atoms with E-state index >= 15 is 0 Å². The van der Waals surface area contributed by atoms with Crippen molar-refractivity contribution < 1.29 is 4.74 Å². The first-order valence-electron chi connectivity index (χ1n) is 6.32. The largest absolute Gasteiger partial charge is 0.457 e. The van der Waals surface area contributed by atoms with Crippen molar-refractivity contribution >= 4 is 0 Å². The molecular formula is C16H19NO. The maximum Gasteiger partial charge on any atom is 0.132 e. The molecule has 0 fully saturated rings. The zero-order chi connectivity index (χ0) is 13.0. The summed E-state index contributed by atoms with van der Waals surface area (Å²) in [5.74, 6) is 1.70. The molecule has 0 heterocycles. The summed E-state index contributed by atoms with van der Waals surface area (Å²) in [6.45, 7) is 4.10. The van der Waals surface area contributed by atoms with Crippen LogP contribution in [0.3, 0.4) is 0 Å².